The third-order valence-corrected chi connectivity index (χ3v) is 4.00. The van der Waals surface area contributed by atoms with E-state index in [1.54, 1.807) is 0 Å². The summed E-state index contributed by atoms with van der Waals surface area (Å²) in [5.74, 6) is -0.479. The lowest BCUT2D eigenvalue weighted by Crippen LogP contribution is -2.23. The number of carbonyl (C=O) groups is 1. The van der Waals surface area contributed by atoms with E-state index in [0.717, 1.165) is 17.6 Å². The Bertz CT molecular complexity index is 1010. The van der Waals surface area contributed by atoms with Crippen molar-refractivity contribution in [1.82, 2.24) is 0 Å². The minimum Gasteiger partial charge on any atom is -0.354 e. The number of hydrogen-bond acceptors (Lipinski definition) is 5. The normalized spacial score (nSPS) is 16.0. The van der Waals surface area contributed by atoms with Crippen molar-refractivity contribution in [3.63, 3.8) is 0 Å². The molecule has 0 unspecified atom stereocenters. The second-order valence-corrected chi connectivity index (χ2v) is 7.32. The van der Waals surface area contributed by atoms with E-state index in [0.29, 0.717) is 11.4 Å². The number of carbonyl (C=O) groups excluding carboxylic acids is 1. The third kappa shape index (κ3) is 4.67. The van der Waals surface area contributed by atoms with Gasteiger partial charge in [0.2, 0.25) is 5.78 Å². The first kappa shape index (κ1) is 17.6. The van der Waals surface area contributed by atoms with E-state index < -0.39 is 15.8 Å². The number of ketones is 1. The summed E-state index contributed by atoms with van der Waals surface area (Å²) in [5, 5.41) is 6.36. The van der Waals surface area contributed by atoms with Gasteiger partial charge in [-0.05, 0) is 30.3 Å². The fourth-order valence-corrected chi connectivity index (χ4v) is 2.88. The van der Waals surface area contributed by atoms with Crippen molar-refractivity contribution >= 4 is 32.9 Å². The summed E-state index contributed by atoms with van der Waals surface area (Å²) in [5.41, 5.74) is 2.53. The Labute approximate surface area is 152 Å². The van der Waals surface area contributed by atoms with E-state index in [9.17, 15) is 13.2 Å². The molecular formula is C19H17N3O3S. The lowest BCUT2D eigenvalue weighted by molar-refractivity contribution is -0.108. The van der Waals surface area contributed by atoms with Crippen LogP contribution < -0.4 is 10.6 Å². The fraction of sp³-hybridized carbons (Fsp3) is 0.0526. The number of benzene rings is 2. The summed E-state index contributed by atoms with van der Waals surface area (Å²) in [6, 6.07) is 18.7. The van der Waals surface area contributed by atoms with Crippen LogP contribution in [0.15, 0.2) is 88.6 Å². The Morgan fingerprint density at radius 2 is 1.23 bits per heavy atom. The van der Waals surface area contributed by atoms with Gasteiger partial charge >= 0.3 is 0 Å². The molecule has 3 rings (SSSR count). The van der Waals surface area contributed by atoms with Gasteiger partial charge in [0.1, 0.15) is 5.71 Å². The highest BCUT2D eigenvalue weighted by atomic mass is 32.2. The highest BCUT2D eigenvalue weighted by Crippen LogP contribution is 2.22. The molecule has 132 valence electrons. The van der Waals surface area contributed by atoms with Crippen molar-refractivity contribution < 1.29 is 13.2 Å². The molecule has 0 fully saturated rings. The Kier molecular flexibility index (Phi) is 4.99. The van der Waals surface area contributed by atoms with Crippen LogP contribution in [0.2, 0.25) is 0 Å². The maximum atomic E-state index is 12.3. The minimum absolute atomic E-state index is 0.135. The number of anilines is 2. The van der Waals surface area contributed by atoms with Crippen LogP contribution in [0, 0.1) is 0 Å². The molecule has 0 radical (unpaired) electrons. The number of nitrogens with zero attached hydrogens (tertiary/aromatic N) is 1. The quantitative estimate of drug-likeness (QED) is 0.794. The molecule has 2 aromatic carbocycles. The summed E-state index contributed by atoms with van der Waals surface area (Å²) >= 11 is 0. The number of para-hydroxylation sites is 2. The number of allylic oxidation sites excluding steroid dienone is 2. The van der Waals surface area contributed by atoms with Crippen molar-refractivity contribution in [2.45, 2.75) is 0 Å². The average molecular weight is 367 g/mol. The first-order valence-electron chi connectivity index (χ1n) is 7.83. The SMILES string of the molecule is CS(=O)(=O)N=C1C=C(Nc2ccccc2)C(Nc2ccccc2)=CC1=O. The maximum Gasteiger partial charge on any atom is 0.250 e. The zero-order chi connectivity index (χ0) is 18.6. The van der Waals surface area contributed by atoms with Gasteiger partial charge in [0.05, 0.1) is 17.6 Å². The van der Waals surface area contributed by atoms with Gasteiger partial charge in [-0.1, -0.05) is 36.4 Å². The molecule has 0 heterocycles. The molecule has 0 spiro atoms. The second kappa shape index (κ2) is 7.37. The van der Waals surface area contributed by atoms with E-state index in [1.807, 2.05) is 60.7 Å². The smallest absolute Gasteiger partial charge is 0.250 e. The van der Waals surface area contributed by atoms with Gasteiger partial charge in [-0.2, -0.15) is 4.40 Å². The largest absolute Gasteiger partial charge is 0.354 e. The number of nitrogens with one attached hydrogen (secondary N) is 2. The minimum atomic E-state index is -3.68. The Balaban J connectivity index is 1.98. The van der Waals surface area contributed by atoms with E-state index >= 15 is 0 Å². The molecule has 0 atom stereocenters. The molecule has 7 heteroatoms. The molecule has 0 aliphatic heterocycles. The van der Waals surface area contributed by atoms with Crippen molar-refractivity contribution in [3.05, 3.63) is 84.2 Å². The van der Waals surface area contributed by atoms with Crippen molar-refractivity contribution in [1.29, 1.82) is 0 Å². The molecule has 26 heavy (non-hydrogen) atoms. The highest BCUT2D eigenvalue weighted by Gasteiger charge is 2.21. The zero-order valence-electron chi connectivity index (χ0n) is 14.0. The average Bonchev–Trinajstić information content (AvgIpc) is 2.59. The van der Waals surface area contributed by atoms with E-state index in [4.69, 9.17) is 0 Å². The van der Waals surface area contributed by atoms with E-state index in [2.05, 4.69) is 15.0 Å². The molecular weight excluding hydrogens is 350 g/mol. The van der Waals surface area contributed by atoms with Crippen LogP contribution in [0.4, 0.5) is 11.4 Å². The number of hydrogen-bond donors (Lipinski definition) is 2. The molecule has 2 aromatic rings. The summed E-state index contributed by atoms with van der Waals surface area (Å²) < 4.78 is 26.4. The standard InChI is InChI=1S/C19H17N3O3S/c1-26(24,25)22-18-12-16(20-14-8-4-2-5-9-14)17(13-19(18)23)21-15-10-6-3-7-11-15/h2-13,20-21H,1H3. The van der Waals surface area contributed by atoms with E-state index in [-0.39, 0.29) is 5.71 Å². The molecule has 0 saturated carbocycles. The summed E-state index contributed by atoms with van der Waals surface area (Å²) in [7, 11) is -3.68. The van der Waals surface area contributed by atoms with Crippen LogP contribution in [-0.4, -0.2) is 26.2 Å². The van der Waals surface area contributed by atoms with E-state index in [1.165, 1.54) is 12.2 Å². The fourth-order valence-electron chi connectivity index (χ4n) is 2.38. The van der Waals surface area contributed by atoms with Crippen molar-refractivity contribution in [2.24, 2.45) is 4.40 Å². The first-order chi connectivity index (χ1) is 12.4. The molecule has 0 amide bonds. The molecule has 1 aliphatic carbocycles. The van der Waals surface area contributed by atoms with Crippen LogP contribution in [0.3, 0.4) is 0 Å². The predicted molar refractivity (Wildman–Crippen MR) is 104 cm³/mol. The monoisotopic (exact) mass is 367 g/mol. The van der Waals surface area contributed by atoms with Gasteiger partial charge in [0, 0.05) is 17.5 Å². The van der Waals surface area contributed by atoms with Gasteiger partial charge in [-0.25, -0.2) is 8.42 Å². The molecule has 0 saturated heterocycles. The van der Waals surface area contributed by atoms with Gasteiger partial charge in [0.15, 0.2) is 0 Å². The maximum absolute atomic E-state index is 12.3. The second-order valence-electron chi connectivity index (χ2n) is 5.67. The molecule has 6 nitrogen and oxygen atoms in total. The number of rotatable bonds is 5. The van der Waals surface area contributed by atoms with Crippen molar-refractivity contribution in [3.8, 4) is 0 Å². The third-order valence-electron chi connectivity index (χ3n) is 3.47. The van der Waals surface area contributed by atoms with Crippen LogP contribution in [-0.2, 0) is 14.8 Å². The predicted octanol–water partition coefficient (Wildman–Crippen LogP) is 2.96. The van der Waals surface area contributed by atoms with Gasteiger partial charge in [0.25, 0.3) is 10.0 Å². The molecule has 2 N–H and O–H groups in total. The Hall–Kier alpha value is -3.19. The summed E-state index contributed by atoms with van der Waals surface area (Å²) in [6.07, 6.45) is 3.72. The molecule has 1 aliphatic rings. The van der Waals surface area contributed by atoms with Crippen LogP contribution >= 0.6 is 0 Å². The van der Waals surface area contributed by atoms with Gasteiger partial charge in [-0.15, -0.1) is 0 Å². The lowest BCUT2D eigenvalue weighted by atomic mass is 10.0. The van der Waals surface area contributed by atoms with Crippen LogP contribution in [0.25, 0.3) is 0 Å². The summed E-state index contributed by atoms with van der Waals surface area (Å²) in [4.78, 5) is 12.3. The molecule has 0 bridgehead atoms. The Morgan fingerprint density at radius 1 is 0.769 bits per heavy atom. The lowest BCUT2D eigenvalue weighted by Gasteiger charge is -2.20. The van der Waals surface area contributed by atoms with Gasteiger partial charge < -0.3 is 10.6 Å². The summed E-state index contributed by atoms with van der Waals surface area (Å²) in [6.45, 7) is 0. The Morgan fingerprint density at radius 3 is 1.69 bits per heavy atom. The number of sulfonamides is 1. The first-order valence-corrected chi connectivity index (χ1v) is 9.68. The topological polar surface area (TPSA) is 87.6 Å². The van der Waals surface area contributed by atoms with Crippen LogP contribution in [0.1, 0.15) is 0 Å². The van der Waals surface area contributed by atoms with Crippen LogP contribution in [0.5, 0.6) is 0 Å². The van der Waals surface area contributed by atoms with Gasteiger partial charge in [-0.3, -0.25) is 4.79 Å². The zero-order valence-corrected chi connectivity index (χ0v) is 14.8. The highest BCUT2D eigenvalue weighted by molar-refractivity contribution is 7.89. The van der Waals surface area contributed by atoms with Crippen molar-refractivity contribution in [2.75, 3.05) is 16.9 Å². The molecule has 0 aromatic heterocycles.